The van der Waals surface area contributed by atoms with Crippen molar-refractivity contribution in [2.45, 2.75) is 38.3 Å². The van der Waals surface area contributed by atoms with Gasteiger partial charge in [0.1, 0.15) is 17.8 Å². The number of ether oxygens (including phenoxy) is 2. The summed E-state index contributed by atoms with van der Waals surface area (Å²) in [6.45, 7) is 2.10. The van der Waals surface area contributed by atoms with Crippen LogP contribution in [0.25, 0.3) is 22.6 Å². The third-order valence-electron chi connectivity index (χ3n) is 5.88. The lowest BCUT2D eigenvalue weighted by atomic mass is 10.1. The summed E-state index contributed by atoms with van der Waals surface area (Å²) < 4.78 is 27.9. The topological polar surface area (TPSA) is 99.4 Å². The van der Waals surface area contributed by atoms with E-state index in [1.54, 1.807) is 6.07 Å². The highest BCUT2D eigenvalue weighted by atomic mass is 35.5. The molecule has 36 heavy (non-hydrogen) atoms. The molecule has 0 aliphatic heterocycles. The van der Waals surface area contributed by atoms with Crippen molar-refractivity contribution in [1.82, 2.24) is 19.5 Å². The van der Waals surface area contributed by atoms with Gasteiger partial charge in [0.2, 0.25) is 5.88 Å². The first-order valence-corrected chi connectivity index (χ1v) is 12.0. The summed E-state index contributed by atoms with van der Waals surface area (Å²) in [6, 6.07) is 10.1. The molecule has 11 heteroatoms. The quantitative estimate of drug-likeness (QED) is 0.293. The molecule has 0 unspecified atom stereocenters. The maximum Gasteiger partial charge on any atom is 0.306 e. The lowest BCUT2D eigenvalue weighted by Gasteiger charge is -2.14. The minimum atomic E-state index is -1.07. The van der Waals surface area contributed by atoms with Gasteiger partial charge in [-0.2, -0.15) is 4.98 Å². The third kappa shape index (κ3) is 4.94. The Morgan fingerprint density at radius 1 is 1.22 bits per heavy atom. The van der Waals surface area contributed by atoms with E-state index in [1.165, 1.54) is 18.5 Å². The zero-order valence-corrected chi connectivity index (χ0v) is 20.7. The fourth-order valence-corrected chi connectivity index (χ4v) is 4.26. The number of imidazole rings is 1. The summed E-state index contributed by atoms with van der Waals surface area (Å²) in [5, 5.41) is 9.44. The zero-order valence-electron chi connectivity index (χ0n) is 19.2. The molecule has 8 nitrogen and oxygen atoms in total. The van der Waals surface area contributed by atoms with E-state index in [2.05, 4.69) is 9.97 Å². The SMILES string of the molecule is CC1(Oc2ncnc3c2nc(-c2ccc(F)c(OCCC(=O)O)c2Cl)n3Cc2cccc(Cl)c2)CC1. The van der Waals surface area contributed by atoms with Gasteiger partial charge in [-0.3, -0.25) is 4.79 Å². The van der Waals surface area contributed by atoms with Gasteiger partial charge in [0.15, 0.2) is 22.7 Å². The van der Waals surface area contributed by atoms with E-state index in [9.17, 15) is 9.18 Å². The number of halogens is 3. The van der Waals surface area contributed by atoms with Crippen molar-refractivity contribution in [3.05, 3.63) is 64.2 Å². The van der Waals surface area contributed by atoms with Gasteiger partial charge in [0.25, 0.3) is 0 Å². The molecule has 1 aliphatic carbocycles. The number of carboxylic acids is 1. The molecule has 1 N–H and O–H groups in total. The van der Waals surface area contributed by atoms with Gasteiger partial charge in [0, 0.05) is 10.6 Å². The van der Waals surface area contributed by atoms with E-state index in [4.69, 9.17) is 42.8 Å². The molecule has 0 radical (unpaired) electrons. The molecule has 0 atom stereocenters. The van der Waals surface area contributed by atoms with Crippen LogP contribution in [-0.4, -0.2) is 42.8 Å². The van der Waals surface area contributed by atoms with Crippen molar-refractivity contribution in [2.75, 3.05) is 6.61 Å². The Morgan fingerprint density at radius 2 is 2.03 bits per heavy atom. The number of carboxylic acid groups (broad SMARTS) is 1. The number of hydrogen-bond donors (Lipinski definition) is 1. The Labute approximate surface area is 215 Å². The van der Waals surface area contributed by atoms with Crippen LogP contribution in [0.3, 0.4) is 0 Å². The molecule has 1 fully saturated rings. The van der Waals surface area contributed by atoms with Gasteiger partial charge in [-0.15, -0.1) is 0 Å². The highest BCUT2D eigenvalue weighted by Crippen LogP contribution is 2.42. The lowest BCUT2D eigenvalue weighted by Crippen LogP contribution is -2.13. The van der Waals surface area contributed by atoms with Gasteiger partial charge < -0.3 is 19.1 Å². The molecule has 0 spiro atoms. The van der Waals surface area contributed by atoms with Crippen LogP contribution >= 0.6 is 23.2 Å². The molecule has 2 aromatic carbocycles. The first kappa shape index (κ1) is 24.3. The van der Waals surface area contributed by atoms with Crippen molar-refractivity contribution >= 4 is 40.3 Å². The largest absolute Gasteiger partial charge is 0.488 e. The molecular formula is C25H21Cl2FN4O4. The average Bonchev–Trinajstić information content (AvgIpc) is 3.44. The van der Waals surface area contributed by atoms with E-state index in [0.717, 1.165) is 18.4 Å². The summed E-state index contributed by atoms with van der Waals surface area (Å²) in [6.07, 6.45) is 2.93. The van der Waals surface area contributed by atoms with Crippen molar-refractivity contribution in [3.63, 3.8) is 0 Å². The minimum Gasteiger partial charge on any atom is -0.488 e. The van der Waals surface area contributed by atoms with Gasteiger partial charge >= 0.3 is 5.97 Å². The van der Waals surface area contributed by atoms with Crippen molar-refractivity contribution in [2.24, 2.45) is 0 Å². The van der Waals surface area contributed by atoms with Gasteiger partial charge in [-0.25, -0.2) is 14.4 Å². The molecule has 0 amide bonds. The number of aromatic nitrogens is 4. The number of fused-ring (bicyclic) bond motifs is 1. The van der Waals surface area contributed by atoms with Crippen LogP contribution in [0.15, 0.2) is 42.7 Å². The summed E-state index contributed by atoms with van der Waals surface area (Å²) in [4.78, 5) is 24.4. The molecule has 186 valence electrons. The molecular weight excluding hydrogens is 510 g/mol. The normalized spacial score (nSPS) is 14.1. The van der Waals surface area contributed by atoms with E-state index in [0.29, 0.717) is 40.0 Å². The fourth-order valence-electron chi connectivity index (χ4n) is 3.75. The highest BCUT2D eigenvalue weighted by molar-refractivity contribution is 6.34. The first-order chi connectivity index (χ1) is 17.2. The molecule has 2 aromatic heterocycles. The van der Waals surface area contributed by atoms with Crippen LogP contribution in [0.2, 0.25) is 10.0 Å². The van der Waals surface area contributed by atoms with Crippen LogP contribution in [0.4, 0.5) is 4.39 Å². The monoisotopic (exact) mass is 530 g/mol. The number of benzene rings is 2. The molecule has 1 saturated carbocycles. The molecule has 5 rings (SSSR count). The Hall–Kier alpha value is -3.43. The predicted molar refractivity (Wildman–Crippen MR) is 132 cm³/mol. The maximum atomic E-state index is 14.6. The van der Waals surface area contributed by atoms with E-state index in [-0.39, 0.29) is 29.4 Å². The van der Waals surface area contributed by atoms with Gasteiger partial charge in [0.05, 0.1) is 24.6 Å². The predicted octanol–water partition coefficient (Wildman–Crippen LogP) is 5.77. The smallest absolute Gasteiger partial charge is 0.306 e. The number of carbonyl (C=O) groups is 1. The second kappa shape index (κ2) is 9.55. The Morgan fingerprint density at radius 3 is 2.75 bits per heavy atom. The second-order valence-corrected chi connectivity index (χ2v) is 9.60. The number of rotatable bonds is 9. The molecule has 2 heterocycles. The third-order valence-corrected chi connectivity index (χ3v) is 6.49. The van der Waals surface area contributed by atoms with Gasteiger partial charge in [-0.05, 0) is 49.6 Å². The van der Waals surface area contributed by atoms with Crippen molar-refractivity contribution in [3.8, 4) is 23.0 Å². The Kier molecular flexibility index (Phi) is 6.44. The van der Waals surface area contributed by atoms with Crippen LogP contribution in [0.5, 0.6) is 11.6 Å². The van der Waals surface area contributed by atoms with Crippen LogP contribution in [0, 0.1) is 5.82 Å². The van der Waals surface area contributed by atoms with Crippen LogP contribution in [0.1, 0.15) is 31.7 Å². The maximum absolute atomic E-state index is 14.6. The summed E-state index contributed by atoms with van der Waals surface area (Å²) in [7, 11) is 0. The Balaban J connectivity index is 1.65. The molecule has 0 bridgehead atoms. The second-order valence-electron chi connectivity index (χ2n) is 8.78. The standard InChI is InChI=1S/C25H21Cl2FN4O4/c1-25(8-9-25)36-24-20-23(29-13-30-24)32(12-14-3-2-4-15(26)11-14)22(31-20)16-5-6-17(28)21(19(16)27)35-10-7-18(33)34/h2-6,11,13H,7-10,12H2,1H3,(H,33,34). The average molecular weight is 531 g/mol. The Bertz CT molecular complexity index is 1470. The first-order valence-electron chi connectivity index (χ1n) is 11.2. The zero-order chi connectivity index (χ0) is 25.4. The van der Waals surface area contributed by atoms with Gasteiger partial charge in [-0.1, -0.05) is 35.3 Å². The van der Waals surface area contributed by atoms with Crippen LogP contribution < -0.4 is 9.47 Å². The minimum absolute atomic E-state index is 0.0346. The number of aliphatic carboxylic acids is 1. The van der Waals surface area contributed by atoms with Crippen LogP contribution in [-0.2, 0) is 11.3 Å². The molecule has 1 aliphatic rings. The number of hydrogen-bond acceptors (Lipinski definition) is 6. The summed E-state index contributed by atoms with van der Waals surface area (Å²) in [5.41, 5.74) is 1.92. The molecule has 0 saturated heterocycles. The van der Waals surface area contributed by atoms with E-state index < -0.39 is 11.8 Å². The van der Waals surface area contributed by atoms with Crippen molar-refractivity contribution < 1.29 is 23.8 Å². The number of nitrogens with zero attached hydrogens (tertiary/aromatic N) is 4. The molecule has 4 aromatic rings. The van der Waals surface area contributed by atoms with Crippen molar-refractivity contribution in [1.29, 1.82) is 0 Å². The summed E-state index contributed by atoms with van der Waals surface area (Å²) in [5.74, 6) is -1.28. The fraction of sp³-hybridized carbons (Fsp3) is 0.280. The van der Waals surface area contributed by atoms with E-state index >= 15 is 0 Å². The van der Waals surface area contributed by atoms with E-state index in [1.807, 2.05) is 29.7 Å². The lowest BCUT2D eigenvalue weighted by molar-refractivity contribution is -0.137. The highest BCUT2D eigenvalue weighted by Gasteiger charge is 2.41. The summed E-state index contributed by atoms with van der Waals surface area (Å²) >= 11 is 12.8.